The SMILES string of the molecule is O=S([O-])NC1CSC1. The Kier molecular flexibility index (Phi) is 2.30. The zero-order chi connectivity index (χ0) is 5.98. The van der Waals surface area contributed by atoms with Gasteiger partial charge in [-0.2, -0.15) is 11.8 Å². The molecule has 0 saturated carbocycles. The van der Waals surface area contributed by atoms with Gasteiger partial charge in [-0.3, -0.25) is 4.21 Å². The van der Waals surface area contributed by atoms with E-state index in [2.05, 4.69) is 4.72 Å². The fourth-order valence-electron chi connectivity index (χ4n) is 0.440. The van der Waals surface area contributed by atoms with Gasteiger partial charge in [-0.25, -0.2) is 4.72 Å². The Hall–Kier alpha value is 0.420. The Labute approximate surface area is 54.6 Å². The summed E-state index contributed by atoms with van der Waals surface area (Å²) in [6.07, 6.45) is 0. The molecule has 0 spiro atoms. The fourth-order valence-corrected chi connectivity index (χ4v) is 1.73. The molecule has 1 aliphatic heterocycles. The zero-order valence-corrected chi connectivity index (χ0v) is 5.76. The molecule has 1 atom stereocenters. The van der Waals surface area contributed by atoms with Gasteiger partial charge in [-0.1, -0.05) is 0 Å². The van der Waals surface area contributed by atoms with Crippen molar-refractivity contribution in [3.63, 3.8) is 0 Å². The second kappa shape index (κ2) is 2.82. The minimum Gasteiger partial charge on any atom is -0.760 e. The Morgan fingerprint density at radius 1 is 1.75 bits per heavy atom. The summed E-state index contributed by atoms with van der Waals surface area (Å²) in [6.45, 7) is 0. The summed E-state index contributed by atoms with van der Waals surface area (Å²) < 4.78 is 22.1. The number of hydrogen-bond donors (Lipinski definition) is 1. The Morgan fingerprint density at radius 3 is 2.50 bits per heavy atom. The summed E-state index contributed by atoms with van der Waals surface area (Å²) >= 11 is -0.306. The van der Waals surface area contributed by atoms with Gasteiger partial charge in [0.15, 0.2) is 0 Å². The molecule has 0 aromatic rings. The Morgan fingerprint density at radius 2 is 2.38 bits per heavy atom. The molecule has 1 N–H and O–H groups in total. The molecule has 1 aliphatic rings. The van der Waals surface area contributed by atoms with Crippen LogP contribution in [0, 0.1) is 0 Å². The van der Waals surface area contributed by atoms with Crippen molar-refractivity contribution in [2.75, 3.05) is 11.5 Å². The molecule has 0 aromatic heterocycles. The van der Waals surface area contributed by atoms with E-state index >= 15 is 0 Å². The molecule has 1 unspecified atom stereocenters. The fraction of sp³-hybridized carbons (Fsp3) is 1.00. The lowest BCUT2D eigenvalue weighted by molar-refractivity contribution is 0.513. The van der Waals surface area contributed by atoms with Gasteiger partial charge in [0.05, 0.1) is 0 Å². The third-order valence-electron chi connectivity index (χ3n) is 0.901. The van der Waals surface area contributed by atoms with E-state index < -0.39 is 11.3 Å². The van der Waals surface area contributed by atoms with Crippen molar-refractivity contribution in [1.82, 2.24) is 4.72 Å². The van der Waals surface area contributed by atoms with E-state index in [4.69, 9.17) is 0 Å². The van der Waals surface area contributed by atoms with Crippen LogP contribution in [0.25, 0.3) is 0 Å². The van der Waals surface area contributed by atoms with Crippen molar-refractivity contribution < 1.29 is 8.76 Å². The Balaban J connectivity index is 2.09. The average molecular weight is 152 g/mol. The predicted octanol–water partition coefficient (Wildman–Crippen LogP) is -0.515. The van der Waals surface area contributed by atoms with Gasteiger partial charge in [-0.05, 0) is 0 Å². The number of nitrogens with one attached hydrogen (secondary N) is 1. The van der Waals surface area contributed by atoms with E-state index in [0.29, 0.717) is 0 Å². The van der Waals surface area contributed by atoms with Crippen LogP contribution in [0.3, 0.4) is 0 Å². The summed E-state index contributed by atoms with van der Waals surface area (Å²) in [6, 6.07) is 0.207. The topological polar surface area (TPSA) is 52.2 Å². The summed E-state index contributed by atoms with van der Waals surface area (Å²) in [7, 11) is 0. The predicted molar refractivity (Wildman–Crippen MR) is 33.2 cm³/mol. The molecular formula is C3H6NO2S2-. The highest BCUT2D eigenvalue weighted by Gasteiger charge is 2.16. The van der Waals surface area contributed by atoms with Crippen molar-refractivity contribution in [3.05, 3.63) is 0 Å². The molecule has 0 amide bonds. The maximum atomic E-state index is 9.88. The first-order valence-corrected chi connectivity index (χ1v) is 4.45. The van der Waals surface area contributed by atoms with Crippen LogP contribution in [0.5, 0.6) is 0 Å². The largest absolute Gasteiger partial charge is 0.760 e. The first-order valence-electron chi connectivity index (χ1n) is 2.22. The van der Waals surface area contributed by atoms with Crippen molar-refractivity contribution in [1.29, 1.82) is 0 Å². The van der Waals surface area contributed by atoms with Crippen LogP contribution < -0.4 is 4.72 Å². The molecule has 1 heterocycles. The van der Waals surface area contributed by atoms with Gasteiger partial charge in [-0.15, -0.1) is 0 Å². The van der Waals surface area contributed by atoms with Crippen LogP contribution in [-0.4, -0.2) is 26.3 Å². The normalized spacial score (nSPS) is 24.6. The lowest BCUT2D eigenvalue weighted by atomic mass is 10.4. The van der Waals surface area contributed by atoms with Crippen LogP contribution in [-0.2, 0) is 11.3 Å². The minimum absolute atomic E-state index is 0.207. The highest BCUT2D eigenvalue weighted by atomic mass is 32.2. The molecular weight excluding hydrogens is 146 g/mol. The van der Waals surface area contributed by atoms with E-state index in [0.717, 1.165) is 11.5 Å². The van der Waals surface area contributed by atoms with Crippen molar-refractivity contribution in [3.8, 4) is 0 Å². The minimum atomic E-state index is -2.06. The second-order valence-corrected chi connectivity index (χ2v) is 3.37. The summed E-state index contributed by atoms with van der Waals surface area (Å²) in [5.74, 6) is 1.85. The molecule has 1 fully saturated rings. The molecule has 0 bridgehead atoms. The van der Waals surface area contributed by atoms with E-state index in [9.17, 15) is 8.76 Å². The maximum absolute atomic E-state index is 9.88. The second-order valence-electron chi connectivity index (χ2n) is 1.59. The van der Waals surface area contributed by atoms with Gasteiger partial charge in [0.25, 0.3) is 0 Å². The summed E-state index contributed by atoms with van der Waals surface area (Å²) in [5.41, 5.74) is 0. The van der Waals surface area contributed by atoms with Crippen LogP contribution in [0.2, 0.25) is 0 Å². The number of hydrogen-bond acceptors (Lipinski definition) is 3. The zero-order valence-electron chi connectivity index (χ0n) is 4.12. The first-order chi connectivity index (χ1) is 3.79. The van der Waals surface area contributed by atoms with Crippen molar-refractivity contribution in [2.24, 2.45) is 0 Å². The van der Waals surface area contributed by atoms with Gasteiger partial charge < -0.3 is 4.55 Å². The average Bonchev–Trinajstić information content (AvgIpc) is 1.55. The third kappa shape index (κ3) is 1.74. The monoisotopic (exact) mass is 152 g/mol. The van der Waals surface area contributed by atoms with E-state index in [-0.39, 0.29) is 6.04 Å². The molecule has 0 aromatic carbocycles. The quantitative estimate of drug-likeness (QED) is 0.542. The summed E-state index contributed by atoms with van der Waals surface area (Å²) in [4.78, 5) is 0. The van der Waals surface area contributed by atoms with Crippen LogP contribution in [0.1, 0.15) is 0 Å². The molecule has 5 heteroatoms. The third-order valence-corrected chi connectivity index (χ3v) is 2.70. The summed E-state index contributed by atoms with van der Waals surface area (Å²) in [5, 5.41) is 0. The number of rotatable bonds is 2. The molecule has 48 valence electrons. The van der Waals surface area contributed by atoms with Crippen molar-refractivity contribution >= 4 is 23.0 Å². The van der Waals surface area contributed by atoms with Crippen LogP contribution >= 0.6 is 11.8 Å². The highest BCUT2D eigenvalue weighted by Crippen LogP contribution is 2.16. The molecule has 1 saturated heterocycles. The van der Waals surface area contributed by atoms with E-state index in [1.165, 1.54) is 0 Å². The standard InChI is InChI=1S/C3H7NO2S2/c5-8(6)4-3-1-7-2-3/h3-4H,1-2H2,(H,5,6)/p-1. The van der Waals surface area contributed by atoms with Gasteiger partial charge in [0.2, 0.25) is 0 Å². The smallest absolute Gasteiger partial charge is 0.0365 e. The first kappa shape index (κ1) is 6.54. The molecule has 0 aliphatic carbocycles. The van der Waals surface area contributed by atoms with E-state index in [1.54, 1.807) is 11.8 Å². The molecule has 1 rings (SSSR count). The van der Waals surface area contributed by atoms with Gasteiger partial charge in [0.1, 0.15) is 0 Å². The highest BCUT2D eigenvalue weighted by molar-refractivity contribution is 8.00. The van der Waals surface area contributed by atoms with Crippen LogP contribution in [0.4, 0.5) is 0 Å². The van der Waals surface area contributed by atoms with Gasteiger partial charge in [0, 0.05) is 28.8 Å². The van der Waals surface area contributed by atoms with Crippen molar-refractivity contribution in [2.45, 2.75) is 6.04 Å². The molecule has 8 heavy (non-hydrogen) atoms. The molecule has 3 nitrogen and oxygen atoms in total. The van der Waals surface area contributed by atoms with Gasteiger partial charge >= 0.3 is 0 Å². The lowest BCUT2D eigenvalue weighted by Gasteiger charge is -2.26. The van der Waals surface area contributed by atoms with Crippen LogP contribution in [0.15, 0.2) is 0 Å². The Bertz CT molecular complexity index is 103. The van der Waals surface area contributed by atoms with E-state index in [1.807, 2.05) is 0 Å². The maximum Gasteiger partial charge on any atom is 0.0365 e. The number of thioether (sulfide) groups is 1. The lowest BCUT2D eigenvalue weighted by Crippen LogP contribution is -2.40. The molecule has 0 radical (unpaired) electrons.